The van der Waals surface area contributed by atoms with Gasteiger partial charge in [0.2, 0.25) is 0 Å². The van der Waals surface area contributed by atoms with Crippen LogP contribution in [0.1, 0.15) is 15.9 Å². The van der Waals surface area contributed by atoms with Gasteiger partial charge in [-0.15, -0.1) is 0 Å². The van der Waals surface area contributed by atoms with Gasteiger partial charge in [-0.3, -0.25) is 4.79 Å². The first-order chi connectivity index (χ1) is 11.5. The van der Waals surface area contributed by atoms with Crippen LogP contribution in [0.15, 0.2) is 40.9 Å². The van der Waals surface area contributed by atoms with Gasteiger partial charge in [-0.05, 0) is 58.4 Å². The van der Waals surface area contributed by atoms with Gasteiger partial charge in [0.1, 0.15) is 23.0 Å². The number of aromatic hydroxyl groups is 1. The van der Waals surface area contributed by atoms with Gasteiger partial charge in [0.25, 0.3) is 0 Å². The molecule has 0 spiro atoms. The number of methoxy groups -OCH3 is 3. The van der Waals surface area contributed by atoms with Crippen LogP contribution in [0.4, 0.5) is 0 Å². The Morgan fingerprint density at radius 1 is 1.04 bits per heavy atom. The normalized spacial score (nSPS) is 10.7. The Balaban J connectivity index is 2.35. The van der Waals surface area contributed by atoms with Crippen molar-refractivity contribution in [1.29, 1.82) is 0 Å². The second-order valence-corrected chi connectivity index (χ2v) is 5.66. The smallest absolute Gasteiger partial charge is 0.189 e. The number of benzene rings is 2. The summed E-state index contributed by atoms with van der Waals surface area (Å²) in [6.45, 7) is 0. The predicted molar refractivity (Wildman–Crippen MR) is 95.3 cm³/mol. The SMILES string of the molecule is COc1ccc(O)c(C(=O)/C=C/c2cc(OC)c(Br)cc2OC)c1. The predicted octanol–water partition coefficient (Wildman–Crippen LogP) is 4.08. The van der Waals surface area contributed by atoms with Crippen molar-refractivity contribution in [2.24, 2.45) is 0 Å². The minimum atomic E-state index is -0.352. The number of ether oxygens (including phenoxy) is 3. The molecule has 0 atom stereocenters. The number of rotatable bonds is 6. The molecular weight excluding hydrogens is 376 g/mol. The molecule has 0 aromatic heterocycles. The summed E-state index contributed by atoms with van der Waals surface area (Å²) in [4.78, 5) is 12.3. The zero-order chi connectivity index (χ0) is 17.7. The Labute approximate surface area is 148 Å². The summed E-state index contributed by atoms with van der Waals surface area (Å²) in [6, 6.07) is 7.99. The molecule has 2 aromatic rings. The van der Waals surface area contributed by atoms with E-state index in [4.69, 9.17) is 14.2 Å². The quantitative estimate of drug-likeness (QED) is 0.592. The minimum absolute atomic E-state index is 0.106. The van der Waals surface area contributed by atoms with E-state index in [0.29, 0.717) is 22.8 Å². The molecule has 0 aliphatic rings. The van der Waals surface area contributed by atoms with Crippen LogP contribution < -0.4 is 14.2 Å². The molecule has 1 N–H and O–H groups in total. The van der Waals surface area contributed by atoms with Gasteiger partial charge in [-0.1, -0.05) is 0 Å². The number of hydrogen-bond acceptors (Lipinski definition) is 5. The average molecular weight is 393 g/mol. The molecule has 0 unspecified atom stereocenters. The molecule has 5 nitrogen and oxygen atoms in total. The summed E-state index contributed by atoms with van der Waals surface area (Å²) in [5.74, 6) is 1.24. The van der Waals surface area contributed by atoms with E-state index >= 15 is 0 Å². The third kappa shape index (κ3) is 3.89. The number of phenols is 1. The summed E-state index contributed by atoms with van der Waals surface area (Å²) in [6.07, 6.45) is 2.97. The summed E-state index contributed by atoms with van der Waals surface area (Å²) in [5, 5.41) is 9.86. The minimum Gasteiger partial charge on any atom is -0.507 e. The van der Waals surface area contributed by atoms with Crippen LogP contribution in [0.2, 0.25) is 0 Å². The molecule has 0 fully saturated rings. The van der Waals surface area contributed by atoms with Gasteiger partial charge < -0.3 is 19.3 Å². The molecule has 0 bridgehead atoms. The highest BCUT2D eigenvalue weighted by Gasteiger charge is 2.11. The van der Waals surface area contributed by atoms with Gasteiger partial charge in [0.15, 0.2) is 5.78 Å². The zero-order valence-electron chi connectivity index (χ0n) is 13.5. The lowest BCUT2D eigenvalue weighted by atomic mass is 10.1. The maximum Gasteiger partial charge on any atom is 0.189 e. The van der Waals surface area contributed by atoms with Crippen molar-refractivity contribution in [3.63, 3.8) is 0 Å². The van der Waals surface area contributed by atoms with Crippen LogP contribution in [-0.4, -0.2) is 32.2 Å². The van der Waals surface area contributed by atoms with Crippen LogP contribution in [0.25, 0.3) is 6.08 Å². The zero-order valence-corrected chi connectivity index (χ0v) is 15.1. The van der Waals surface area contributed by atoms with Crippen LogP contribution in [0.3, 0.4) is 0 Å². The average Bonchev–Trinajstić information content (AvgIpc) is 2.60. The van der Waals surface area contributed by atoms with Crippen molar-refractivity contribution in [3.05, 3.63) is 52.0 Å². The monoisotopic (exact) mass is 392 g/mol. The lowest BCUT2D eigenvalue weighted by Gasteiger charge is -2.09. The first-order valence-corrected chi connectivity index (χ1v) is 7.80. The van der Waals surface area contributed by atoms with E-state index in [1.165, 1.54) is 25.3 Å². The van der Waals surface area contributed by atoms with E-state index in [9.17, 15) is 9.90 Å². The standard InChI is InChI=1S/C18H17BrO5/c1-22-12-5-7-16(21)13(9-12)15(20)6-4-11-8-18(24-3)14(19)10-17(11)23-2/h4-10,21H,1-3H3/b6-4+. The van der Waals surface area contributed by atoms with Gasteiger partial charge in [0, 0.05) is 5.56 Å². The Hall–Kier alpha value is -2.47. The highest BCUT2D eigenvalue weighted by molar-refractivity contribution is 9.10. The van der Waals surface area contributed by atoms with Crippen LogP contribution in [0.5, 0.6) is 23.0 Å². The van der Waals surface area contributed by atoms with E-state index in [1.54, 1.807) is 38.5 Å². The first kappa shape index (κ1) is 17.9. The number of carbonyl (C=O) groups is 1. The number of allylic oxidation sites excluding steroid dienone is 1. The molecule has 2 rings (SSSR count). The molecule has 0 saturated heterocycles. The van der Waals surface area contributed by atoms with Gasteiger partial charge in [-0.25, -0.2) is 0 Å². The lowest BCUT2D eigenvalue weighted by Crippen LogP contribution is -1.97. The van der Waals surface area contributed by atoms with Crippen molar-refractivity contribution in [2.75, 3.05) is 21.3 Å². The molecule has 0 radical (unpaired) electrons. The van der Waals surface area contributed by atoms with Gasteiger partial charge in [0.05, 0.1) is 31.4 Å². The molecular formula is C18H17BrO5. The lowest BCUT2D eigenvalue weighted by molar-refractivity contribution is 0.104. The molecule has 126 valence electrons. The fraction of sp³-hybridized carbons (Fsp3) is 0.167. The fourth-order valence-corrected chi connectivity index (χ4v) is 2.59. The van der Waals surface area contributed by atoms with Crippen LogP contribution >= 0.6 is 15.9 Å². The van der Waals surface area contributed by atoms with E-state index in [2.05, 4.69) is 15.9 Å². The number of ketones is 1. The summed E-state index contributed by atoms with van der Waals surface area (Å²) in [7, 11) is 4.59. The molecule has 0 aliphatic carbocycles. The van der Waals surface area contributed by atoms with Crippen molar-refractivity contribution < 1.29 is 24.1 Å². The molecule has 0 amide bonds. The number of hydrogen-bond donors (Lipinski definition) is 1. The largest absolute Gasteiger partial charge is 0.507 e. The molecule has 24 heavy (non-hydrogen) atoms. The second-order valence-electron chi connectivity index (χ2n) is 4.81. The van der Waals surface area contributed by atoms with E-state index in [-0.39, 0.29) is 17.1 Å². The fourth-order valence-electron chi connectivity index (χ4n) is 2.11. The topological polar surface area (TPSA) is 65.0 Å². The Kier molecular flexibility index (Phi) is 5.87. The van der Waals surface area contributed by atoms with Crippen molar-refractivity contribution >= 4 is 27.8 Å². The van der Waals surface area contributed by atoms with Crippen molar-refractivity contribution in [2.45, 2.75) is 0 Å². The highest BCUT2D eigenvalue weighted by Crippen LogP contribution is 2.33. The number of carbonyl (C=O) groups excluding carboxylic acids is 1. The maximum atomic E-state index is 12.3. The third-order valence-electron chi connectivity index (χ3n) is 3.39. The first-order valence-electron chi connectivity index (χ1n) is 7.01. The summed E-state index contributed by atoms with van der Waals surface area (Å²) >= 11 is 3.38. The molecule has 6 heteroatoms. The van der Waals surface area contributed by atoms with Gasteiger partial charge >= 0.3 is 0 Å². The maximum absolute atomic E-state index is 12.3. The number of halogens is 1. The number of phenolic OH excluding ortho intramolecular Hbond substituents is 1. The third-order valence-corrected chi connectivity index (χ3v) is 4.01. The van der Waals surface area contributed by atoms with Gasteiger partial charge in [-0.2, -0.15) is 0 Å². The van der Waals surface area contributed by atoms with E-state index in [0.717, 1.165) is 4.47 Å². The van der Waals surface area contributed by atoms with Crippen molar-refractivity contribution in [3.8, 4) is 23.0 Å². The van der Waals surface area contributed by atoms with Crippen LogP contribution in [-0.2, 0) is 0 Å². The Bertz CT molecular complexity index is 783. The van der Waals surface area contributed by atoms with Crippen LogP contribution in [0, 0.1) is 0 Å². The highest BCUT2D eigenvalue weighted by atomic mass is 79.9. The molecule has 0 heterocycles. The Morgan fingerprint density at radius 2 is 1.75 bits per heavy atom. The van der Waals surface area contributed by atoms with E-state index < -0.39 is 0 Å². The van der Waals surface area contributed by atoms with Crippen molar-refractivity contribution in [1.82, 2.24) is 0 Å². The summed E-state index contributed by atoms with van der Waals surface area (Å²) < 4.78 is 16.4. The molecule has 0 aliphatic heterocycles. The summed E-state index contributed by atoms with van der Waals surface area (Å²) in [5.41, 5.74) is 0.835. The molecule has 0 saturated carbocycles. The Morgan fingerprint density at radius 3 is 2.38 bits per heavy atom. The second kappa shape index (κ2) is 7.88. The molecule has 2 aromatic carbocycles. The van der Waals surface area contributed by atoms with E-state index in [1.807, 2.05) is 0 Å².